The number of carbonyl (C=O) groups is 1. The van der Waals surface area contributed by atoms with Gasteiger partial charge in [0.15, 0.2) is 0 Å². The number of H-pyrrole nitrogens is 2. The van der Waals surface area contributed by atoms with Crippen LogP contribution in [0.15, 0.2) is 46.0 Å². The van der Waals surface area contributed by atoms with Crippen molar-refractivity contribution >= 4 is 39.6 Å². The van der Waals surface area contributed by atoms with Crippen molar-refractivity contribution in [3.63, 3.8) is 0 Å². The zero-order valence-electron chi connectivity index (χ0n) is 17.9. The Kier molecular flexibility index (Phi) is 10.2. The molecule has 2 heterocycles. The number of carbonyl (C=O) groups excluding carboxylic acids is 1. The van der Waals surface area contributed by atoms with Crippen molar-refractivity contribution in [3.05, 3.63) is 57.1 Å². The molecule has 0 fully saturated rings. The third kappa shape index (κ3) is 6.39. The Labute approximate surface area is 211 Å². The normalized spacial score (nSPS) is 9.67. The number of hydrogen-bond donors (Lipinski definition) is 4. The van der Waals surface area contributed by atoms with Crippen molar-refractivity contribution in [2.75, 3.05) is 25.3 Å². The van der Waals surface area contributed by atoms with E-state index in [4.69, 9.17) is 15.2 Å². The summed E-state index contributed by atoms with van der Waals surface area (Å²) in [5.74, 6) is 0.885. The van der Waals surface area contributed by atoms with Crippen LogP contribution in [0.25, 0.3) is 21.8 Å². The molecule has 4 aromatic rings. The van der Waals surface area contributed by atoms with Crippen LogP contribution >= 0.6 is 0 Å². The first-order valence-corrected chi connectivity index (χ1v) is 9.01. The standard InChI is InChI=1S/C11H11N3O3.C9H9N3O2.2V/c1-6(15)12-11-13-7-4-3-5-8(17-2)9(7)10(16)14-11;1-14-6-4-2-3-5-7(6)8(13)12-9(10)11-5;;/h3-5H,1-2H3,(H2,12,13,14,15,16);2-4H,1H3,(H3,10,11,12,13);;. The summed E-state index contributed by atoms with van der Waals surface area (Å²) in [5.41, 5.74) is 5.77. The van der Waals surface area contributed by atoms with Gasteiger partial charge in [0.25, 0.3) is 11.1 Å². The van der Waals surface area contributed by atoms with Crippen molar-refractivity contribution in [2.24, 2.45) is 0 Å². The summed E-state index contributed by atoms with van der Waals surface area (Å²) in [5, 5.41) is 3.21. The molecule has 0 atom stereocenters. The molecule has 0 aliphatic heterocycles. The van der Waals surface area contributed by atoms with Crippen molar-refractivity contribution < 1.29 is 51.4 Å². The minimum absolute atomic E-state index is 0. The number of nitrogen functional groups attached to an aromatic ring is 1. The molecule has 170 valence electrons. The Hall–Kier alpha value is -3.24. The topological polar surface area (TPSA) is 165 Å². The number of rotatable bonds is 3. The Bertz CT molecular complexity index is 1390. The molecule has 1 amide bonds. The number of anilines is 2. The van der Waals surface area contributed by atoms with E-state index < -0.39 is 0 Å². The SMILES string of the molecule is COc1cccc2nc(N)[nH]c(=O)c12.COc1cccc2nc(NC(C)=O)[nH]c(=O)c12.[V].[V]. The van der Waals surface area contributed by atoms with E-state index in [9.17, 15) is 14.4 Å². The fraction of sp³-hybridized carbons (Fsp3) is 0.150. The molecule has 2 aromatic heterocycles. The summed E-state index contributed by atoms with van der Waals surface area (Å²) in [4.78, 5) is 47.2. The van der Waals surface area contributed by atoms with Gasteiger partial charge in [-0.3, -0.25) is 29.7 Å². The molecule has 0 unspecified atom stereocenters. The molecule has 0 spiro atoms. The number of aromatic amines is 2. The van der Waals surface area contributed by atoms with Crippen LogP contribution in [0, 0.1) is 0 Å². The largest absolute Gasteiger partial charge is 0.496 e. The smallest absolute Gasteiger partial charge is 0.263 e. The molecular weight excluding hydrogens is 506 g/mol. The molecule has 11 nitrogen and oxygen atoms in total. The fourth-order valence-electron chi connectivity index (χ4n) is 2.90. The molecule has 0 saturated heterocycles. The fourth-order valence-corrected chi connectivity index (χ4v) is 2.90. The van der Waals surface area contributed by atoms with Crippen LogP contribution < -0.4 is 31.6 Å². The molecule has 0 aliphatic rings. The minimum Gasteiger partial charge on any atom is -0.496 e. The maximum atomic E-state index is 11.8. The maximum absolute atomic E-state index is 11.8. The Morgan fingerprint density at radius 2 is 1.36 bits per heavy atom. The zero-order chi connectivity index (χ0) is 22.5. The van der Waals surface area contributed by atoms with Crippen LogP contribution in [0.5, 0.6) is 11.5 Å². The summed E-state index contributed by atoms with van der Waals surface area (Å²) in [7, 11) is 2.99. The summed E-state index contributed by atoms with van der Waals surface area (Å²) in [6.07, 6.45) is 0. The van der Waals surface area contributed by atoms with Gasteiger partial charge in [-0.15, -0.1) is 0 Å². The second-order valence-corrected chi connectivity index (χ2v) is 6.26. The van der Waals surface area contributed by atoms with Crippen LogP contribution in [0.3, 0.4) is 0 Å². The number of nitrogens with zero attached hydrogens (tertiary/aromatic N) is 2. The van der Waals surface area contributed by atoms with Crippen molar-refractivity contribution in [1.29, 1.82) is 0 Å². The number of ether oxygens (including phenoxy) is 2. The molecule has 4 rings (SSSR count). The number of hydrogen-bond acceptors (Lipinski definition) is 8. The van der Waals surface area contributed by atoms with Crippen molar-refractivity contribution in [1.82, 2.24) is 19.9 Å². The van der Waals surface area contributed by atoms with Crippen LogP contribution in [0.4, 0.5) is 11.9 Å². The van der Waals surface area contributed by atoms with Gasteiger partial charge >= 0.3 is 0 Å². The Balaban J connectivity index is 0.000000316. The zero-order valence-corrected chi connectivity index (χ0v) is 20.7. The van der Waals surface area contributed by atoms with Crippen molar-refractivity contribution in [3.8, 4) is 11.5 Å². The monoisotopic (exact) mass is 526 g/mol. The van der Waals surface area contributed by atoms with Gasteiger partial charge in [-0.25, -0.2) is 9.97 Å². The van der Waals surface area contributed by atoms with Crippen LogP contribution in [0.2, 0.25) is 0 Å². The molecule has 2 aromatic carbocycles. The van der Waals surface area contributed by atoms with Crippen molar-refractivity contribution in [2.45, 2.75) is 6.92 Å². The second-order valence-electron chi connectivity index (χ2n) is 6.26. The Morgan fingerprint density at radius 1 is 0.879 bits per heavy atom. The van der Waals surface area contributed by atoms with Gasteiger partial charge < -0.3 is 15.2 Å². The van der Waals surface area contributed by atoms with Gasteiger partial charge in [-0.05, 0) is 24.3 Å². The first kappa shape index (κ1) is 27.8. The number of nitrogens with two attached hydrogens (primary N) is 1. The Morgan fingerprint density at radius 3 is 1.85 bits per heavy atom. The maximum Gasteiger partial charge on any atom is 0.263 e. The van der Waals surface area contributed by atoms with Crippen LogP contribution in [0.1, 0.15) is 6.92 Å². The number of amides is 1. The van der Waals surface area contributed by atoms with E-state index in [2.05, 4.69) is 25.3 Å². The van der Waals surface area contributed by atoms with Gasteiger partial charge in [-0.1, -0.05) is 12.1 Å². The molecule has 0 aliphatic carbocycles. The molecule has 5 N–H and O–H groups in total. The average Bonchev–Trinajstić information content (AvgIpc) is 2.72. The van der Waals surface area contributed by atoms with Gasteiger partial charge in [-0.2, -0.15) is 0 Å². The molecule has 13 heteroatoms. The third-order valence-corrected chi connectivity index (χ3v) is 4.14. The van der Waals surface area contributed by atoms with E-state index in [1.54, 1.807) is 36.4 Å². The quantitative estimate of drug-likeness (QED) is 0.311. The van der Waals surface area contributed by atoms with Gasteiger partial charge in [0.1, 0.15) is 22.3 Å². The van der Waals surface area contributed by atoms with E-state index in [0.717, 1.165) is 0 Å². The number of nitrogens with one attached hydrogen (secondary N) is 3. The molecule has 0 saturated carbocycles. The van der Waals surface area contributed by atoms with E-state index in [1.165, 1.54) is 21.1 Å². The first-order valence-electron chi connectivity index (χ1n) is 9.01. The molecular formula is C20H20N6O5V2. The van der Waals surface area contributed by atoms with E-state index in [1.807, 2.05) is 0 Å². The van der Waals surface area contributed by atoms with E-state index >= 15 is 0 Å². The second kappa shape index (κ2) is 12.1. The van der Waals surface area contributed by atoms with E-state index in [0.29, 0.717) is 33.3 Å². The number of fused-ring (bicyclic) bond motifs is 2. The minimum atomic E-state index is -0.351. The summed E-state index contributed by atoms with van der Waals surface area (Å²) in [6.45, 7) is 1.34. The van der Waals surface area contributed by atoms with Gasteiger partial charge in [0.2, 0.25) is 17.8 Å². The van der Waals surface area contributed by atoms with Gasteiger partial charge in [0.05, 0.1) is 25.3 Å². The molecule has 33 heavy (non-hydrogen) atoms. The predicted molar refractivity (Wildman–Crippen MR) is 117 cm³/mol. The number of aromatic nitrogens is 4. The summed E-state index contributed by atoms with van der Waals surface area (Å²) >= 11 is 0. The van der Waals surface area contributed by atoms with E-state index in [-0.39, 0.29) is 66.0 Å². The van der Waals surface area contributed by atoms with Crippen LogP contribution in [-0.2, 0) is 41.9 Å². The first-order chi connectivity index (χ1) is 14.8. The molecule has 0 bridgehead atoms. The predicted octanol–water partition coefficient (Wildman–Crippen LogP) is 1.40. The number of benzene rings is 2. The van der Waals surface area contributed by atoms with Gasteiger partial charge in [0, 0.05) is 44.0 Å². The molecule has 2 radical (unpaired) electrons. The third-order valence-electron chi connectivity index (χ3n) is 4.14. The summed E-state index contributed by atoms with van der Waals surface area (Å²) in [6, 6.07) is 10.3. The van der Waals surface area contributed by atoms with Crippen LogP contribution in [-0.4, -0.2) is 40.1 Å². The average molecular weight is 526 g/mol. The summed E-state index contributed by atoms with van der Waals surface area (Å²) < 4.78 is 10.1. The number of methoxy groups -OCH3 is 2.